The Balaban J connectivity index is 1.93. The Morgan fingerprint density at radius 3 is 2.69 bits per heavy atom. The lowest BCUT2D eigenvalue weighted by atomic mass is 9.96. The van der Waals surface area contributed by atoms with Crippen LogP contribution in [0.3, 0.4) is 0 Å². The molecule has 2 aliphatic heterocycles. The number of primary amides is 1. The van der Waals surface area contributed by atoms with E-state index in [-0.39, 0.29) is 23.7 Å². The third-order valence-electron chi connectivity index (χ3n) is 3.54. The summed E-state index contributed by atoms with van der Waals surface area (Å²) >= 11 is 0. The molecule has 2 aliphatic rings. The van der Waals surface area contributed by atoms with Gasteiger partial charge in [0.05, 0.1) is 11.8 Å². The van der Waals surface area contributed by atoms with Gasteiger partial charge in [0.1, 0.15) is 0 Å². The smallest absolute Gasteiger partial charge is 0.227 e. The summed E-state index contributed by atoms with van der Waals surface area (Å²) in [6, 6.07) is 0. The lowest BCUT2D eigenvalue weighted by molar-refractivity contribution is -0.138. The highest BCUT2D eigenvalue weighted by Crippen LogP contribution is 2.20. The van der Waals surface area contributed by atoms with Crippen molar-refractivity contribution in [2.45, 2.75) is 19.3 Å². The number of likely N-dealkylation sites (tertiary alicyclic amines) is 1. The number of hydrogen-bond acceptors (Lipinski definition) is 3. The molecule has 2 fully saturated rings. The first kappa shape index (κ1) is 11.4. The molecule has 0 aromatic heterocycles. The van der Waals surface area contributed by atoms with Crippen LogP contribution in [0.2, 0.25) is 0 Å². The van der Waals surface area contributed by atoms with Crippen LogP contribution >= 0.6 is 0 Å². The van der Waals surface area contributed by atoms with Crippen LogP contribution in [0.5, 0.6) is 0 Å². The van der Waals surface area contributed by atoms with E-state index in [0.29, 0.717) is 6.54 Å². The zero-order chi connectivity index (χ0) is 11.5. The van der Waals surface area contributed by atoms with Crippen molar-refractivity contribution in [2.24, 2.45) is 17.6 Å². The Morgan fingerprint density at radius 2 is 2.06 bits per heavy atom. The normalized spacial score (nSPS) is 30.4. The predicted molar refractivity (Wildman–Crippen MR) is 59.5 cm³/mol. The van der Waals surface area contributed by atoms with E-state index in [4.69, 9.17) is 5.73 Å². The summed E-state index contributed by atoms with van der Waals surface area (Å²) in [5.41, 5.74) is 5.29. The molecule has 2 atom stereocenters. The molecule has 0 aliphatic carbocycles. The van der Waals surface area contributed by atoms with E-state index in [2.05, 4.69) is 5.32 Å². The molecule has 16 heavy (non-hydrogen) atoms. The molecule has 2 saturated heterocycles. The second kappa shape index (κ2) is 4.82. The molecular weight excluding hydrogens is 206 g/mol. The van der Waals surface area contributed by atoms with Gasteiger partial charge in [-0.1, -0.05) is 0 Å². The van der Waals surface area contributed by atoms with Crippen molar-refractivity contribution in [3.8, 4) is 0 Å². The van der Waals surface area contributed by atoms with Crippen LogP contribution in [0.4, 0.5) is 0 Å². The second-order valence-electron chi connectivity index (χ2n) is 4.72. The van der Waals surface area contributed by atoms with Crippen LogP contribution in [0.15, 0.2) is 0 Å². The van der Waals surface area contributed by atoms with E-state index in [1.54, 1.807) is 0 Å². The summed E-state index contributed by atoms with van der Waals surface area (Å²) in [4.78, 5) is 25.0. The summed E-state index contributed by atoms with van der Waals surface area (Å²) < 4.78 is 0. The monoisotopic (exact) mass is 225 g/mol. The average molecular weight is 225 g/mol. The summed E-state index contributed by atoms with van der Waals surface area (Å²) in [7, 11) is 0. The van der Waals surface area contributed by atoms with Crippen molar-refractivity contribution in [3.05, 3.63) is 0 Å². The van der Waals surface area contributed by atoms with E-state index in [0.717, 1.165) is 38.9 Å². The highest BCUT2D eigenvalue weighted by atomic mass is 16.2. The Morgan fingerprint density at radius 1 is 1.25 bits per heavy atom. The number of rotatable bonds is 2. The minimum atomic E-state index is -0.276. The molecule has 2 amide bonds. The standard InChI is InChI=1S/C11H19N3O2/c12-10(15)9-2-1-5-14(7-9)11(16)8-3-4-13-6-8/h8-9,13H,1-7H2,(H2,12,15). The first-order valence-corrected chi connectivity index (χ1v) is 5.97. The van der Waals surface area contributed by atoms with E-state index in [1.807, 2.05) is 4.90 Å². The molecule has 0 radical (unpaired) electrons. The van der Waals surface area contributed by atoms with Gasteiger partial charge in [0.25, 0.3) is 0 Å². The molecule has 0 aromatic rings. The van der Waals surface area contributed by atoms with Gasteiger partial charge in [-0.2, -0.15) is 0 Å². The molecule has 0 saturated carbocycles. The van der Waals surface area contributed by atoms with Crippen molar-refractivity contribution in [3.63, 3.8) is 0 Å². The van der Waals surface area contributed by atoms with Gasteiger partial charge < -0.3 is 16.0 Å². The predicted octanol–water partition coefficient (Wildman–Crippen LogP) is -0.680. The zero-order valence-corrected chi connectivity index (χ0v) is 9.45. The summed E-state index contributed by atoms with van der Waals surface area (Å²) in [6.07, 6.45) is 2.62. The number of piperidine rings is 1. The molecule has 0 spiro atoms. The van der Waals surface area contributed by atoms with E-state index >= 15 is 0 Å². The van der Waals surface area contributed by atoms with Crippen LogP contribution in [-0.2, 0) is 9.59 Å². The molecule has 5 heteroatoms. The van der Waals surface area contributed by atoms with Gasteiger partial charge in [-0.05, 0) is 25.8 Å². The second-order valence-corrected chi connectivity index (χ2v) is 4.72. The average Bonchev–Trinajstić information content (AvgIpc) is 2.81. The topological polar surface area (TPSA) is 75.4 Å². The number of carbonyl (C=O) groups excluding carboxylic acids is 2. The SMILES string of the molecule is NC(=O)C1CCCN(C(=O)C2CCNC2)C1. The van der Waals surface area contributed by atoms with E-state index < -0.39 is 0 Å². The van der Waals surface area contributed by atoms with Crippen LogP contribution in [0.25, 0.3) is 0 Å². The third-order valence-corrected chi connectivity index (χ3v) is 3.54. The maximum Gasteiger partial charge on any atom is 0.227 e. The van der Waals surface area contributed by atoms with Gasteiger partial charge in [-0.25, -0.2) is 0 Å². The Labute approximate surface area is 95.3 Å². The molecular formula is C11H19N3O2. The Kier molecular flexibility index (Phi) is 3.43. The maximum atomic E-state index is 12.1. The fourth-order valence-corrected chi connectivity index (χ4v) is 2.53. The van der Waals surface area contributed by atoms with Gasteiger partial charge in [0.15, 0.2) is 0 Å². The Bertz CT molecular complexity index is 287. The highest BCUT2D eigenvalue weighted by Gasteiger charge is 2.31. The number of carbonyl (C=O) groups is 2. The highest BCUT2D eigenvalue weighted by molar-refractivity contribution is 5.81. The van der Waals surface area contributed by atoms with Crippen molar-refractivity contribution >= 4 is 11.8 Å². The molecule has 3 N–H and O–H groups in total. The van der Waals surface area contributed by atoms with Gasteiger partial charge in [0, 0.05) is 19.6 Å². The number of nitrogens with zero attached hydrogens (tertiary/aromatic N) is 1. The number of hydrogen-bond donors (Lipinski definition) is 2. The zero-order valence-electron chi connectivity index (χ0n) is 9.45. The molecule has 2 unspecified atom stereocenters. The van der Waals surface area contributed by atoms with Crippen LogP contribution in [0, 0.1) is 11.8 Å². The molecule has 2 rings (SSSR count). The van der Waals surface area contributed by atoms with Crippen LogP contribution in [-0.4, -0.2) is 42.9 Å². The minimum Gasteiger partial charge on any atom is -0.369 e. The summed E-state index contributed by atoms with van der Waals surface area (Å²) in [5, 5.41) is 3.19. The molecule has 0 aromatic carbocycles. The van der Waals surface area contributed by atoms with E-state index in [9.17, 15) is 9.59 Å². The van der Waals surface area contributed by atoms with E-state index in [1.165, 1.54) is 0 Å². The largest absolute Gasteiger partial charge is 0.369 e. The first-order chi connectivity index (χ1) is 7.68. The Hall–Kier alpha value is -1.10. The lowest BCUT2D eigenvalue weighted by Crippen LogP contribution is -2.46. The molecule has 5 nitrogen and oxygen atoms in total. The fraction of sp³-hybridized carbons (Fsp3) is 0.818. The van der Waals surface area contributed by atoms with Gasteiger partial charge in [-0.15, -0.1) is 0 Å². The molecule has 2 heterocycles. The van der Waals surface area contributed by atoms with Crippen LogP contribution < -0.4 is 11.1 Å². The maximum absolute atomic E-state index is 12.1. The molecule has 0 bridgehead atoms. The fourth-order valence-electron chi connectivity index (χ4n) is 2.53. The third kappa shape index (κ3) is 2.35. The summed E-state index contributed by atoms with van der Waals surface area (Å²) in [5.74, 6) is -0.128. The van der Waals surface area contributed by atoms with Gasteiger partial charge >= 0.3 is 0 Å². The lowest BCUT2D eigenvalue weighted by Gasteiger charge is -2.32. The van der Waals surface area contributed by atoms with Crippen molar-refractivity contribution in [1.82, 2.24) is 10.2 Å². The van der Waals surface area contributed by atoms with Crippen molar-refractivity contribution in [2.75, 3.05) is 26.2 Å². The van der Waals surface area contributed by atoms with Gasteiger partial charge in [0.2, 0.25) is 11.8 Å². The first-order valence-electron chi connectivity index (χ1n) is 5.97. The summed E-state index contributed by atoms with van der Waals surface area (Å²) in [6.45, 7) is 2.99. The van der Waals surface area contributed by atoms with Crippen molar-refractivity contribution in [1.29, 1.82) is 0 Å². The molecule has 90 valence electrons. The van der Waals surface area contributed by atoms with Crippen LogP contribution in [0.1, 0.15) is 19.3 Å². The quantitative estimate of drug-likeness (QED) is 0.654. The van der Waals surface area contributed by atoms with Gasteiger partial charge in [-0.3, -0.25) is 9.59 Å². The number of nitrogens with one attached hydrogen (secondary N) is 1. The van der Waals surface area contributed by atoms with Crippen molar-refractivity contribution < 1.29 is 9.59 Å². The number of nitrogens with two attached hydrogens (primary N) is 1. The number of amides is 2. The minimum absolute atomic E-state index is 0.103.